The van der Waals surface area contributed by atoms with E-state index in [0.29, 0.717) is 34.5 Å². The minimum Gasteiger partial charge on any atom is -0.416 e. The number of imidazole rings is 1. The highest BCUT2D eigenvalue weighted by atomic mass is 32.2. The minimum atomic E-state index is -3.80. The Balaban J connectivity index is 1.88. The SMILES string of the molecule is Cc1nc2cnc(OC(F)F)c(-c3ccccc3)c2n1Cc1ccc(S(N)(=O)=O)cc1. The molecule has 0 bridgehead atoms. The first-order valence-electron chi connectivity index (χ1n) is 9.22. The molecular weight excluding hydrogens is 426 g/mol. The molecule has 0 saturated heterocycles. The summed E-state index contributed by atoms with van der Waals surface area (Å²) < 4.78 is 55.7. The molecule has 2 aromatic carbocycles. The molecule has 0 atom stereocenters. The van der Waals surface area contributed by atoms with Crippen molar-refractivity contribution in [2.75, 3.05) is 0 Å². The Morgan fingerprint density at radius 3 is 2.39 bits per heavy atom. The number of benzene rings is 2. The first kappa shape index (κ1) is 20.9. The molecule has 0 fully saturated rings. The zero-order chi connectivity index (χ0) is 22.2. The molecule has 4 aromatic rings. The molecular formula is C21H18F2N4O3S. The summed E-state index contributed by atoms with van der Waals surface area (Å²) in [5, 5.41) is 5.16. The zero-order valence-electron chi connectivity index (χ0n) is 16.4. The van der Waals surface area contributed by atoms with Crippen LogP contribution in [0.1, 0.15) is 11.4 Å². The largest absolute Gasteiger partial charge is 0.416 e. The van der Waals surface area contributed by atoms with E-state index >= 15 is 0 Å². The molecule has 4 rings (SSSR count). The predicted molar refractivity (Wildman–Crippen MR) is 111 cm³/mol. The highest BCUT2D eigenvalue weighted by Gasteiger charge is 2.21. The third kappa shape index (κ3) is 4.25. The number of sulfonamides is 1. The van der Waals surface area contributed by atoms with Crippen molar-refractivity contribution in [3.05, 3.63) is 72.2 Å². The number of nitrogens with two attached hydrogens (primary N) is 1. The van der Waals surface area contributed by atoms with E-state index < -0.39 is 16.6 Å². The summed E-state index contributed by atoms with van der Waals surface area (Å²) >= 11 is 0. The van der Waals surface area contributed by atoms with Crippen molar-refractivity contribution >= 4 is 21.1 Å². The van der Waals surface area contributed by atoms with Crippen LogP contribution in [0.3, 0.4) is 0 Å². The molecule has 0 aliphatic heterocycles. The van der Waals surface area contributed by atoms with Gasteiger partial charge in [0.25, 0.3) is 0 Å². The maximum absolute atomic E-state index is 13.1. The fourth-order valence-electron chi connectivity index (χ4n) is 3.43. The third-order valence-corrected chi connectivity index (χ3v) is 5.73. The second-order valence-electron chi connectivity index (χ2n) is 6.85. The van der Waals surface area contributed by atoms with E-state index in [0.717, 1.165) is 5.56 Å². The van der Waals surface area contributed by atoms with E-state index in [-0.39, 0.29) is 10.8 Å². The van der Waals surface area contributed by atoms with Gasteiger partial charge < -0.3 is 9.30 Å². The van der Waals surface area contributed by atoms with Gasteiger partial charge in [0.15, 0.2) is 0 Å². The quantitative estimate of drug-likeness (QED) is 0.489. The van der Waals surface area contributed by atoms with Crippen molar-refractivity contribution < 1.29 is 21.9 Å². The molecule has 2 N–H and O–H groups in total. The van der Waals surface area contributed by atoms with Crippen LogP contribution in [0.25, 0.3) is 22.2 Å². The Hall–Kier alpha value is -3.37. The van der Waals surface area contributed by atoms with Gasteiger partial charge in [-0.05, 0) is 30.2 Å². The number of primary sulfonamides is 1. The van der Waals surface area contributed by atoms with E-state index in [4.69, 9.17) is 9.88 Å². The topological polar surface area (TPSA) is 100 Å². The molecule has 7 nitrogen and oxygen atoms in total. The highest BCUT2D eigenvalue weighted by Crippen LogP contribution is 2.36. The number of ether oxygens (including phenoxy) is 1. The van der Waals surface area contributed by atoms with Gasteiger partial charge in [0.1, 0.15) is 11.3 Å². The van der Waals surface area contributed by atoms with Gasteiger partial charge in [-0.15, -0.1) is 0 Å². The van der Waals surface area contributed by atoms with Crippen LogP contribution in [0.4, 0.5) is 8.78 Å². The summed E-state index contributed by atoms with van der Waals surface area (Å²) in [7, 11) is -3.80. The van der Waals surface area contributed by atoms with Crippen LogP contribution in [0.15, 0.2) is 65.7 Å². The summed E-state index contributed by atoms with van der Waals surface area (Å²) in [5.74, 6) is 0.443. The predicted octanol–water partition coefficient (Wildman–Crippen LogP) is 3.70. The second-order valence-corrected chi connectivity index (χ2v) is 8.41. The number of aryl methyl sites for hydroxylation is 1. The lowest BCUT2D eigenvalue weighted by atomic mass is 10.1. The van der Waals surface area contributed by atoms with Gasteiger partial charge in [-0.2, -0.15) is 8.78 Å². The smallest absolute Gasteiger partial charge is 0.388 e. The van der Waals surface area contributed by atoms with Gasteiger partial charge in [0.05, 0.1) is 22.2 Å². The molecule has 10 heteroatoms. The van der Waals surface area contributed by atoms with Crippen LogP contribution in [-0.2, 0) is 16.6 Å². The number of pyridine rings is 1. The lowest BCUT2D eigenvalue weighted by Gasteiger charge is -2.14. The number of hydrogen-bond donors (Lipinski definition) is 1. The van der Waals surface area contributed by atoms with E-state index in [2.05, 4.69) is 9.97 Å². The molecule has 2 aromatic heterocycles. The van der Waals surface area contributed by atoms with Crippen molar-refractivity contribution in [3.8, 4) is 17.0 Å². The summed E-state index contributed by atoms with van der Waals surface area (Å²) in [5.41, 5.74) is 2.95. The van der Waals surface area contributed by atoms with E-state index in [1.54, 1.807) is 43.3 Å². The third-order valence-electron chi connectivity index (χ3n) is 4.80. The van der Waals surface area contributed by atoms with Crippen LogP contribution >= 0.6 is 0 Å². The number of nitrogens with zero attached hydrogens (tertiary/aromatic N) is 3. The van der Waals surface area contributed by atoms with Crippen LogP contribution in [0.2, 0.25) is 0 Å². The van der Waals surface area contributed by atoms with Crippen LogP contribution in [0, 0.1) is 6.92 Å². The monoisotopic (exact) mass is 444 g/mol. The first-order chi connectivity index (χ1) is 14.7. The van der Waals surface area contributed by atoms with Crippen molar-refractivity contribution in [1.29, 1.82) is 0 Å². The lowest BCUT2D eigenvalue weighted by molar-refractivity contribution is -0.0523. The fourth-order valence-corrected chi connectivity index (χ4v) is 3.94. The lowest BCUT2D eigenvalue weighted by Crippen LogP contribution is -2.12. The molecule has 0 aliphatic rings. The minimum absolute atomic E-state index is 0.00487. The standard InChI is InChI=1S/C21H18F2N4O3S/c1-13-26-17-11-25-20(30-21(22)23)18(15-5-3-2-4-6-15)19(17)27(13)12-14-7-9-16(10-8-14)31(24,28)29/h2-11,21H,12H2,1H3,(H2,24,28,29). The Labute approximate surface area is 177 Å². The summed E-state index contributed by atoms with van der Waals surface area (Å²) in [6, 6.07) is 15.1. The fraction of sp³-hybridized carbons (Fsp3) is 0.143. The van der Waals surface area contributed by atoms with Gasteiger partial charge in [0, 0.05) is 6.54 Å². The number of aromatic nitrogens is 3. The van der Waals surface area contributed by atoms with Gasteiger partial charge in [-0.3, -0.25) is 0 Å². The molecule has 0 amide bonds. The Morgan fingerprint density at radius 1 is 1.10 bits per heavy atom. The molecule has 160 valence electrons. The van der Waals surface area contributed by atoms with Crippen molar-refractivity contribution in [1.82, 2.24) is 14.5 Å². The molecule has 0 aliphatic carbocycles. The molecule has 2 heterocycles. The number of hydrogen-bond acceptors (Lipinski definition) is 5. The number of rotatable bonds is 6. The number of halogens is 2. The maximum Gasteiger partial charge on any atom is 0.388 e. The molecule has 0 spiro atoms. The maximum atomic E-state index is 13.1. The second kappa shape index (κ2) is 8.05. The molecule has 0 unspecified atom stereocenters. The molecule has 31 heavy (non-hydrogen) atoms. The first-order valence-corrected chi connectivity index (χ1v) is 10.8. The van der Waals surface area contributed by atoms with Gasteiger partial charge in [-0.1, -0.05) is 42.5 Å². The Kier molecular flexibility index (Phi) is 5.42. The van der Waals surface area contributed by atoms with Crippen molar-refractivity contribution in [3.63, 3.8) is 0 Å². The summed E-state index contributed by atoms with van der Waals surface area (Å²) in [4.78, 5) is 8.58. The van der Waals surface area contributed by atoms with Crippen LogP contribution in [0.5, 0.6) is 5.88 Å². The van der Waals surface area contributed by atoms with E-state index in [1.807, 2.05) is 10.6 Å². The number of alkyl halides is 2. The highest BCUT2D eigenvalue weighted by molar-refractivity contribution is 7.89. The Bertz CT molecular complexity index is 1340. The van der Waals surface area contributed by atoms with Gasteiger partial charge in [-0.25, -0.2) is 23.5 Å². The number of fused-ring (bicyclic) bond motifs is 1. The van der Waals surface area contributed by atoms with Crippen molar-refractivity contribution in [2.45, 2.75) is 25.0 Å². The average Bonchev–Trinajstić information content (AvgIpc) is 3.03. The normalized spacial score (nSPS) is 11.9. The van der Waals surface area contributed by atoms with Crippen LogP contribution < -0.4 is 9.88 Å². The summed E-state index contributed by atoms with van der Waals surface area (Å²) in [6.45, 7) is -0.914. The molecule has 0 saturated carbocycles. The Morgan fingerprint density at radius 2 is 1.77 bits per heavy atom. The summed E-state index contributed by atoms with van der Waals surface area (Å²) in [6.07, 6.45) is 1.40. The van der Waals surface area contributed by atoms with Gasteiger partial charge >= 0.3 is 6.61 Å². The van der Waals surface area contributed by atoms with E-state index in [1.165, 1.54) is 18.3 Å². The van der Waals surface area contributed by atoms with Gasteiger partial charge in [0.2, 0.25) is 15.9 Å². The van der Waals surface area contributed by atoms with Crippen molar-refractivity contribution in [2.24, 2.45) is 5.14 Å². The average molecular weight is 444 g/mol. The zero-order valence-corrected chi connectivity index (χ0v) is 17.2. The van der Waals surface area contributed by atoms with E-state index in [9.17, 15) is 17.2 Å². The molecule has 0 radical (unpaired) electrons. The van der Waals surface area contributed by atoms with Crippen LogP contribution in [-0.4, -0.2) is 29.6 Å².